The fraction of sp³-hybridized carbons (Fsp3) is 0.286. The van der Waals surface area contributed by atoms with E-state index in [1.54, 1.807) is 21.3 Å². The zero-order valence-corrected chi connectivity index (χ0v) is 12.5. The van der Waals surface area contributed by atoms with Crippen LogP contribution in [0.3, 0.4) is 0 Å². The maximum atomic E-state index is 10.9. The highest BCUT2D eigenvalue weighted by molar-refractivity contribution is 7.16. The number of benzene rings is 1. The number of aromatic nitrogens is 1. The number of hydrogen-bond acceptors (Lipinski definition) is 6. The molecule has 0 bridgehead atoms. The van der Waals surface area contributed by atoms with Crippen LogP contribution in [0.4, 0.5) is 0 Å². The first-order chi connectivity index (χ1) is 9.64. The van der Waals surface area contributed by atoms with Crippen molar-refractivity contribution in [1.29, 1.82) is 0 Å². The molecule has 6 heteroatoms. The maximum absolute atomic E-state index is 10.9. The van der Waals surface area contributed by atoms with Gasteiger partial charge in [-0.3, -0.25) is 4.79 Å². The van der Waals surface area contributed by atoms with Crippen LogP contribution in [0, 0.1) is 6.92 Å². The molecule has 0 saturated heterocycles. The highest BCUT2D eigenvalue weighted by Gasteiger charge is 2.16. The zero-order chi connectivity index (χ0) is 14.7. The first-order valence-electron chi connectivity index (χ1n) is 5.87. The molecule has 2 rings (SSSR count). The van der Waals surface area contributed by atoms with Crippen LogP contribution in [0.15, 0.2) is 12.1 Å². The van der Waals surface area contributed by atoms with Crippen LogP contribution in [-0.4, -0.2) is 32.6 Å². The lowest BCUT2D eigenvalue weighted by Gasteiger charge is -2.13. The second-order valence-electron chi connectivity index (χ2n) is 4.00. The third-order valence-electron chi connectivity index (χ3n) is 2.85. The van der Waals surface area contributed by atoms with Crippen LogP contribution >= 0.6 is 11.3 Å². The molecular formula is C14H15NO4S. The molecule has 106 valence electrons. The number of rotatable bonds is 5. The van der Waals surface area contributed by atoms with E-state index in [0.29, 0.717) is 27.8 Å². The van der Waals surface area contributed by atoms with E-state index in [4.69, 9.17) is 14.2 Å². The number of carbonyl (C=O) groups is 1. The molecule has 20 heavy (non-hydrogen) atoms. The van der Waals surface area contributed by atoms with Crippen molar-refractivity contribution >= 4 is 17.6 Å². The molecule has 0 N–H and O–H groups in total. The molecule has 1 aromatic carbocycles. The Morgan fingerprint density at radius 3 is 2.10 bits per heavy atom. The van der Waals surface area contributed by atoms with Gasteiger partial charge in [-0.05, 0) is 19.1 Å². The summed E-state index contributed by atoms with van der Waals surface area (Å²) in [4.78, 5) is 15.9. The van der Waals surface area contributed by atoms with E-state index in [1.807, 2.05) is 19.1 Å². The summed E-state index contributed by atoms with van der Waals surface area (Å²) in [6.45, 7) is 1.81. The number of hydrogen-bond donors (Lipinski definition) is 0. The normalized spacial score (nSPS) is 10.2. The SMILES string of the molecule is COc1cc(-c2nc(C)c(C=O)s2)cc(OC)c1OC. The quantitative estimate of drug-likeness (QED) is 0.793. The van der Waals surface area contributed by atoms with Crippen LogP contribution in [0.1, 0.15) is 15.4 Å². The number of nitrogens with zero attached hydrogens (tertiary/aromatic N) is 1. The minimum atomic E-state index is 0.530. The van der Waals surface area contributed by atoms with Gasteiger partial charge in [0.2, 0.25) is 5.75 Å². The average Bonchev–Trinajstić information content (AvgIpc) is 2.86. The van der Waals surface area contributed by atoms with E-state index in [9.17, 15) is 4.79 Å². The monoisotopic (exact) mass is 293 g/mol. The Kier molecular flexibility index (Phi) is 4.24. The van der Waals surface area contributed by atoms with E-state index < -0.39 is 0 Å². The highest BCUT2D eigenvalue weighted by atomic mass is 32.1. The summed E-state index contributed by atoms with van der Waals surface area (Å²) in [5.41, 5.74) is 1.54. The van der Waals surface area contributed by atoms with Crippen LogP contribution in [0.25, 0.3) is 10.6 Å². The molecule has 0 fully saturated rings. The molecule has 1 aromatic heterocycles. The Morgan fingerprint density at radius 2 is 1.70 bits per heavy atom. The predicted molar refractivity (Wildman–Crippen MR) is 77.3 cm³/mol. The summed E-state index contributed by atoms with van der Waals surface area (Å²) in [6, 6.07) is 3.63. The molecule has 0 spiro atoms. The molecule has 0 radical (unpaired) electrons. The van der Waals surface area contributed by atoms with Crippen molar-refractivity contribution in [3.8, 4) is 27.8 Å². The first kappa shape index (κ1) is 14.3. The predicted octanol–water partition coefficient (Wildman–Crippen LogP) is 2.96. The van der Waals surface area contributed by atoms with Crippen molar-refractivity contribution in [3.63, 3.8) is 0 Å². The zero-order valence-electron chi connectivity index (χ0n) is 11.7. The van der Waals surface area contributed by atoms with E-state index in [-0.39, 0.29) is 0 Å². The van der Waals surface area contributed by atoms with E-state index >= 15 is 0 Å². The van der Waals surface area contributed by atoms with Crippen molar-refractivity contribution in [2.75, 3.05) is 21.3 Å². The second kappa shape index (κ2) is 5.92. The number of aryl methyl sites for hydroxylation is 1. The van der Waals surface area contributed by atoms with E-state index in [0.717, 1.165) is 16.9 Å². The number of ether oxygens (including phenoxy) is 3. The average molecular weight is 293 g/mol. The van der Waals surface area contributed by atoms with Gasteiger partial charge in [0.05, 0.1) is 31.9 Å². The Morgan fingerprint density at radius 1 is 1.10 bits per heavy atom. The lowest BCUT2D eigenvalue weighted by Crippen LogP contribution is -1.95. The highest BCUT2D eigenvalue weighted by Crippen LogP contribution is 2.42. The fourth-order valence-electron chi connectivity index (χ4n) is 1.85. The molecule has 0 unspecified atom stereocenters. The summed E-state index contributed by atoms with van der Waals surface area (Å²) < 4.78 is 15.9. The molecule has 0 aliphatic rings. The van der Waals surface area contributed by atoms with E-state index in [1.165, 1.54) is 11.3 Å². The van der Waals surface area contributed by atoms with Gasteiger partial charge in [-0.2, -0.15) is 0 Å². The van der Waals surface area contributed by atoms with Crippen LogP contribution < -0.4 is 14.2 Å². The maximum Gasteiger partial charge on any atom is 0.203 e. The molecule has 5 nitrogen and oxygen atoms in total. The molecule has 0 saturated carbocycles. The molecule has 0 aliphatic carbocycles. The van der Waals surface area contributed by atoms with Gasteiger partial charge in [0.15, 0.2) is 17.8 Å². The summed E-state index contributed by atoms with van der Waals surface area (Å²) in [5, 5.41) is 0.740. The largest absolute Gasteiger partial charge is 0.493 e. The van der Waals surface area contributed by atoms with Gasteiger partial charge in [-0.15, -0.1) is 11.3 Å². The topological polar surface area (TPSA) is 57.7 Å². The first-order valence-corrected chi connectivity index (χ1v) is 6.69. The second-order valence-corrected chi connectivity index (χ2v) is 5.03. The third kappa shape index (κ3) is 2.46. The molecule has 2 aromatic rings. The van der Waals surface area contributed by atoms with Gasteiger partial charge in [0.25, 0.3) is 0 Å². The lowest BCUT2D eigenvalue weighted by atomic mass is 10.2. The summed E-state index contributed by atoms with van der Waals surface area (Å²) in [5.74, 6) is 1.65. The minimum Gasteiger partial charge on any atom is -0.493 e. The van der Waals surface area contributed by atoms with Gasteiger partial charge in [-0.25, -0.2) is 4.98 Å². The summed E-state index contributed by atoms with van der Waals surface area (Å²) in [7, 11) is 4.67. The number of methoxy groups -OCH3 is 3. The molecular weight excluding hydrogens is 278 g/mol. The van der Waals surface area contributed by atoms with Crippen molar-refractivity contribution < 1.29 is 19.0 Å². The third-order valence-corrected chi connectivity index (χ3v) is 3.98. The number of carbonyl (C=O) groups excluding carboxylic acids is 1. The lowest BCUT2D eigenvalue weighted by molar-refractivity contribution is 0.112. The Labute approximate surface area is 121 Å². The van der Waals surface area contributed by atoms with Crippen LogP contribution in [0.5, 0.6) is 17.2 Å². The van der Waals surface area contributed by atoms with Crippen molar-refractivity contribution in [2.45, 2.75) is 6.92 Å². The van der Waals surface area contributed by atoms with Gasteiger partial charge < -0.3 is 14.2 Å². The smallest absolute Gasteiger partial charge is 0.203 e. The van der Waals surface area contributed by atoms with Gasteiger partial charge in [0.1, 0.15) is 5.01 Å². The number of aldehydes is 1. The van der Waals surface area contributed by atoms with Crippen molar-refractivity contribution in [1.82, 2.24) is 4.98 Å². The summed E-state index contributed by atoms with van der Waals surface area (Å²) >= 11 is 1.33. The Hall–Kier alpha value is -2.08. The Balaban J connectivity index is 2.59. The summed E-state index contributed by atoms with van der Waals surface area (Å²) in [6.07, 6.45) is 0.814. The standard InChI is InChI=1S/C14H15NO4S/c1-8-12(7-16)20-14(15-8)9-5-10(17-2)13(19-4)11(6-9)18-3/h5-7H,1-4H3. The van der Waals surface area contributed by atoms with Crippen molar-refractivity contribution in [3.05, 3.63) is 22.7 Å². The molecule has 1 heterocycles. The Bertz CT molecular complexity index is 611. The molecule has 0 atom stereocenters. The van der Waals surface area contributed by atoms with Gasteiger partial charge >= 0.3 is 0 Å². The van der Waals surface area contributed by atoms with Gasteiger partial charge in [-0.1, -0.05) is 0 Å². The van der Waals surface area contributed by atoms with E-state index in [2.05, 4.69) is 4.98 Å². The minimum absolute atomic E-state index is 0.530. The van der Waals surface area contributed by atoms with Crippen LogP contribution in [-0.2, 0) is 0 Å². The van der Waals surface area contributed by atoms with Crippen LogP contribution in [0.2, 0.25) is 0 Å². The fourth-order valence-corrected chi connectivity index (χ4v) is 2.71. The molecule has 0 aliphatic heterocycles. The molecule has 0 amide bonds. The van der Waals surface area contributed by atoms with Gasteiger partial charge in [0, 0.05) is 5.56 Å². The number of thiazole rings is 1. The van der Waals surface area contributed by atoms with Crippen molar-refractivity contribution in [2.24, 2.45) is 0 Å².